The van der Waals surface area contributed by atoms with E-state index in [9.17, 15) is 37.2 Å². The Bertz CT molecular complexity index is 1980. The van der Waals surface area contributed by atoms with Crippen LogP contribution >= 0.6 is 0 Å². The van der Waals surface area contributed by atoms with Crippen molar-refractivity contribution in [1.82, 2.24) is 25.6 Å². The predicted octanol–water partition coefficient (Wildman–Crippen LogP) is 3.25. The zero-order valence-corrected chi connectivity index (χ0v) is 31.7. The molecule has 3 aromatic carbocycles. The highest BCUT2D eigenvalue weighted by Crippen LogP contribution is 2.24. The van der Waals surface area contributed by atoms with Crippen molar-refractivity contribution in [2.45, 2.75) is 75.9 Å². The second-order valence-electron chi connectivity index (χ2n) is 13.9. The Morgan fingerprint density at radius 3 is 1.87 bits per heavy atom. The summed E-state index contributed by atoms with van der Waals surface area (Å²) >= 11 is 0. The van der Waals surface area contributed by atoms with Gasteiger partial charge >= 0.3 is 5.92 Å². The largest absolute Gasteiger partial charge is 0.383 e. The molecule has 13 nitrogen and oxygen atoms in total. The maximum absolute atomic E-state index is 15.2. The molecule has 0 unspecified atom stereocenters. The molecule has 16 heteroatoms. The van der Waals surface area contributed by atoms with Crippen LogP contribution in [0.2, 0.25) is 0 Å². The van der Waals surface area contributed by atoms with Crippen LogP contribution in [-0.2, 0) is 35.6 Å². The standard InChI is InChI=1S/C39H45F2N5O8S/c1-24(2)31(33(47)39(40,41)38(52)42-22-21-26-12-7-5-8-13-26)43-36(50)30-16-11-23-46(30)37(51)32(25(3)4)44-34(48)27-17-19-28(20-18-27)35(49)45-55(53,54)29-14-9-6-10-15-29/h5-10,12-15,17-20,24-25,30-32H,11,16,21-23H2,1-4H3,(H,42,52)(H,43,50)(H,44,48)(H,45,49)/t30-,31-,32-/m0/s1. The van der Waals surface area contributed by atoms with Crippen molar-refractivity contribution >= 4 is 45.3 Å². The van der Waals surface area contributed by atoms with Crippen molar-refractivity contribution in [2.75, 3.05) is 13.1 Å². The highest BCUT2D eigenvalue weighted by molar-refractivity contribution is 7.90. The van der Waals surface area contributed by atoms with Gasteiger partial charge in [-0.3, -0.25) is 28.8 Å². The van der Waals surface area contributed by atoms with Gasteiger partial charge in [0.15, 0.2) is 0 Å². The van der Waals surface area contributed by atoms with Gasteiger partial charge in [0.05, 0.1) is 10.9 Å². The molecular weight excluding hydrogens is 737 g/mol. The molecule has 1 aliphatic heterocycles. The first-order chi connectivity index (χ1) is 25.9. The minimum atomic E-state index is -4.45. The number of likely N-dealkylation sites (tertiary alicyclic amines) is 1. The van der Waals surface area contributed by atoms with E-state index in [1.807, 2.05) is 4.72 Å². The zero-order chi connectivity index (χ0) is 40.5. The van der Waals surface area contributed by atoms with Gasteiger partial charge in [-0.15, -0.1) is 0 Å². The summed E-state index contributed by atoms with van der Waals surface area (Å²) in [5, 5.41) is 7.11. The number of ketones is 1. The van der Waals surface area contributed by atoms with Crippen LogP contribution in [0, 0.1) is 11.8 Å². The molecule has 4 N–H and O–H groups in total. The summed E-state index contributed by atoms with van der Waals surface area (Å²) in [5.41, 5.74) is 0.814. The van der Waals surface area contributed by atoms with Gasteiger partial charge < -0.3 is 20.9 Å². The topological polar surface area (TPSA) is 188 Å². The van der Waals surface area contributed by atoms with Gasteiger partial charge in [0.2, 0.25) is 17.6 Å². The van der Waals surface area contributed by atoms with E-state index in [0.29, 0.717) is 6.42 Å². The van der Waals surface area contributed by atoms with Crippen molar-refractivity contribution in [3.63, 3.8) is 0 Å². The Hall–Kier alpha value is -5.51. The molecule has 0 aromatic heterocycles. The number of sulfonamides is 1. The number of carbonyl (C=O) groups excluding carboxylic acids is 6. The highest BCUT2D eigenvalue weighted by atomic mass is 32.2. The minimum Gasteiger partial charge on any atom is -0.350 e. The van der Waals surface area contributed by atoms with Crippen molar-refractivity contribution in [3.05, 3.63) is 102 Å². The van der Waals surface area contributed by atoms with Crippen LogP contribution in [0.5, 0.6) is 0 Å². The predicted molar refractivity (Wildman–Crippen MR) is 198 cm³/mol. The second kappa shape index (κ2) is 18.2. The Balaban J connectivity index is 1.39. The first-order valence-electron chi connectivity index (χ1n) is 17.8. The van der Waals surface area contributed by atoms with Crippen LogP contribution in [0.4, 0.5) is 8.78 Å². The van der Waals surface area contributed by atoms with Gasteiger partial charge in [-0.1, -0.05) is 76.2 Å². The van der Waals surface area contributed by atoms with E-state index in [4.69, 9.17) is 0 Å². The number of Topliss-reactive ketones (excluding diaryl/α,β-unsaturated/α-hetero) is 1. The van der Waals surface area contributed by atoms with Gasteiger partial charge in [0.25, 0.3) is 27.7 Å². The van der Waals surface area contributed by atoms with E-state index in [2.05, 4.69) is 16.0 Å². The molecule has 0 bridgehead atoms. The molecule has 55 heavy (non-hydrogen) atoms. The Kier molecular flexibility index (Phi) is 14.0. The lowest BCUT2D eigenvalue weighted by molar-refractivity contribution is -0.161. The fraction of sp³-hybridized carbons (Fsp3) is 0.385. The van der Waals surface area contributed by atoms with Crippen LogP contribution < -0.4 is 20.7 Å². The molecule has 4 rings (SSSR count). The third kappa shape index (κ3) is 10.6. The van der Waals surface area contributed by atoms with E-state index in [1.165, 1.54) is 67.3 Å². The molecule has 0 radical (unpaired) electrons. The fourth-order valence-electron chi connectivity index (χ4n) is 6.00. The summed E-state index contributed by atoms with van der Waals surface area (Å²) < 4.78 is 57.4. The average molecular weight is 782 g/mol. The zero-order valence-electron chi connectivity index (χ0n) is 30.9. The molecule has 3 aromatic rings. The maximum Gasteiger partial charge on any atom is 0.383 e. The van der Waals surface area contributed by atoms with Crippen molar-refractivity contribution in [1.29, 1.82) is 0 Å². The number of nitrogens with zero attached hydrogens (tertiary/aromatic N) is 1. The fourth-order valence-corrected chi connectivity index (χ4v) is 7.00. The number of alkyl halides is 2. The molecule has 0 aliphatic carbocycles. The second-order valence-corrected chi connectivity index (χ2v) is 15.6. The van der Waals surface area contributed by atoms with Gasteiger partial charge in [-0.2, -0.15) is 8.78 Å². The minimum absolute atomic E-state index is 0.0434. The van der Waals surface area contributed by atoms with Crippen LogP contribution in [0.3, 0.4) is 0 Å². The molecule has 0 saturated carbocycles. The first-order valence-corrected chi connectivity index (χ1v) is 19.3. The number of carbonyl (C=O) groups is 6. The normalized spacial score (nSPS) is 15.6. The monoisotopic (exact) mass is 781 g/mol. The van der Waals surface area contributed by atoms with E-state index in [-0.39, 0.29) is 42.0 Å². The van der Waals surface area contributed by atoms with E-state index in [1.54, 1.807) is 50.2 Å². The summed E-state index contributed by atoms with van der Waals surface area (Å²) in [7, 11) is -4.14. The van der Waals surface area contributed by atoms with Gasteiger partial charge in [0.1, 0.15) is 12.1 Å². The maximum atomic E-state index is 15.2. The third-order valence-corrected chi connectivity index (χ3v) is 10.5. The molecule has 294 valence electrons. The quantitative estimate of drug-likeness (QED) is 0.160. The van der Waals surface area contributed by atoms with E-state index in [0.717, 1.165) is 5.56 Å². The van der Waals surface area contributed by atoms with Crippen LogP contribution in [0.1, 0.15) is 66.8 Å². The number of benzene rings is 3. The van der Waals surface area contributed by atoms with E-state index >= 15 is 8.78 Å². The molecule has 1 saturated heterocycles. The Morgan fingerprint density at radius 2 is 1.31 bits per heavy atom. The SMILES string of the molecule is CC(C)[C@H](NC(=O)c1ccc(C(=O)NS(=O)(=O)c2ccccc2)cc1)C(=O)N1CCC[C@H]1C(=O)N[C@H](C(=O)C(F)(F)C(=O)NCCc1ccccc1)C(C)C. The van der Waals surface area contributed by atoms with Crippen LogP contribution in [-0.4, -0.2) is 85.8 Å². The number of amides is 5. The smallest absolute Gasteiger partial charge is 0.350 e. The number of rotatable bonds is 16. The Morgan fingerprint density at radius 1 is 0.764 bits per heavy atom. The molecule has 1 fully saturated rings. The lowest BCUT2D eigenvalue weighted by atomic mass is 9.94. The Labute approximate surface area is 318 Å². The van der Waals surface area contributed by atoms with E-state index < -0.39 is 81.2 Å². The van der Waals surface area contributed by atoms with Crippen LogP contribution in [0.25, 0.3) is 0 Å². The first kappa shape index (κ1) is 42.2. The molecule has 3 atom stereocenters. The molecule has 1 heterocycles. The summed E-state index contributed by atoms with van der Waals surface area (Å²) in [6, 6.07) is 17.2. The third-order valence-electron chi connectivity index (χ3n) is 9.13. The van der Waals surface area contributed by atoms with Crippen molar-refractivity contribution in [2.24, 2.45) is 11.8 Å². The average Bonchev–Trinajstić information content (AvgIpc) is 3.66. The van der Waals surface area contributed by atoms with Gasteiger partial charge in [-0.25, -0.2) is 13.1 Å². The van der Waals surface area contributed by atoms with Crippen LogP contribution in [0.15, 0.2) is 89.8 Å². The summed E-state index contributed by atoms with van der Waals surface area (Å²) in [4.78, 5) is 80.0. The molecular formula is C39H45F2N5O8S. The number of nitrogens with one attached hydrogen (secondary N) is 4. The number of hydrogen-bond donors (Lipinski definition) is 4. The van der Waals surface area contributed by atoms with Gasteiger partial charge in [0, 0.05) is 24.2 Å². The molecule has 0 spiro atoms. The molecule has 5 amide bonds. The summed E-state index contributed by atoms with van der Waals surface area (Å²) in [5.74, 6) is -12.4. The van der Waals surface area contributed by atoms with Crippen molar-refractivity contribution in [3.8, 4) is 0 Å². The number of hydrogen-bond acceptors (Lipinski definition) is 8. The molecule has 1 aliphatic rings. The number of halogens is 2. The lowest BCUT2D eigenvalue weighted by Crippen LogP contribution is -2.60. The van der Waals surface area contributed by atoms with Gasteiger partial charge in [-0.05, 0) is 73.1 Å². The highest BCUT2D eigenvalue weighted by Gasteiger charge is 2.51. The van der Waals surface area contributed by atoms with Crippen molar-refractivity contribution < 1.29 is 46.0 Å². The lowest BCUT2D eigenvalue weighted by Gasteiger charge is -2.32. The summed E-state index contributed by atoms with van der Waals surface area (Å²) in [6.07, 6.45) is 0.807. The summed E-state index contributed by atoms with van der Waals surface area (Å²) in [6.45, 7) is 6.22.